The maximum atomic E-state index is 12.4. The molecule has 3 rings (SSSR count). The highest BCUT2D eigenvalue weighted by Gasteiger charge is 2.18. The lowest BCUT2D eigenvalue weighted by atomic mass is 10.2. The number of carbonyl (C=O) groups is 1. The van der Waals surface area contributed by atoms with Gasteiger partial charge >= 0.3 is 0 Å². The Labute approximate surface area is 174 Å². The summed E-state index contributed by atoms with van der Waals surface area (Å²) in [5.74, 6) is 0.105. The van der Waals surface area contributed by atoms with Gasteiger partial charge in [0.25, 0.3) is 5.91 Å². The number of hydrogen-bond donors (Lipinski definition) is 1. The summed E-state index contributed by atoms with van der Waals surface area (Å²) in [6.07, 6.45) is 2.03. The van der Waals surface area contributed by atoms with E-state index in [1.807, 2.05) is 0 Å². The molecule has 1 fully saturated rings. The molecule has 0 aliphatic carbocycles. The summed E-state index contributed by atoms with van der Waals surface area (Å²) in [5.41, 5.74) is 0.872. The van der Waals surface area contributed by atoms with Gasteiger partial charge in [0.15, 0.2) is 6.61 Å². The predicted molar refractivity (Wildman–Crippen MR) is 110 cm³/mol. The molecule has 1 N–H and O–H groups in total. The average Bonchev–Trinajstić information content (AvgIpc) is 3.17. The highest BCUT2D eigenvalue weighted by molar-refractivity contribution is 7.91. The SMILES string of the molecule is O=C(COc1cccc(NS(=O)(=O)Cc2ccc(Cl)c(Cl)c2)c1)N1CCCC1. The third-order valence-corrected chi connectivity index (χ3v) is 6.27. The Morgan fingerprint density at radius 1 is 1.07 bits per heavy atom. The Morgan fingerprint density at radius 3 is 2.54 bits per heavy atom. The molecule has 150 valence electrons. The molecule has 0 spiro atoms. The molecule has 1 saturated heterocycles. The number of halogens is 2. The second kappa shape index (κ2) is 9.03. The van der Waals surface area contributed by atoms with Crippen LogP contribution in [-0.2, 0) is 20.6 Å². The summed E-state index contributed by atoms with van der Waals surface area (Å²) in [6.45, 7) is 1.45. The highest BCUT2D eigenvalue weighted by atomic mass is 35.5. The molecule has 0 saturated carbocycles. The van der Waals surface area contributed by atoms with Crippen LogP contribution < -0.4 is 9.46 Å². The Kier molecular flexibility index (Phi) is 6.69. The van der Waals surface area contributed by atoms with Gasteiger partial charge in [0, 0.05) is 19.2 Å². The predicted octanol–water partition coefficient (Wildman–Crippen LogP) is 3.94. The van der Waals surface area contributed by atoms with Crippen LogP contribution in [0.3, 0.4) is 0 Å². The first kappa shape index (κ1) is 20.8. The standard InChI is InChI=1S/C19H20Cl2N2O4S/c20-17-7-6-14(10-18(17)21)13-28(25,26)22-15-4-3-5-16(11-15)27-12-19(24)23-8-1-2-9-23/h3-7,10-11,22H,1-2,8-9,12-13H2. The molecular formula is C19H20Cl2N2O4S. The van der Waals surface area contributed by atoms with Gasteiger partial charge in [-0.25, -0.2) is 8.42 Å². The van der Waals surface area contributed by atoms with E-state index in [2.05, 4.69) is 4.72 Å². The van der Waals surface area contributed by atoms with Crippen LogP contribution in [0.1, 0.15) is 18.4 Å². The molecule has 1 heterocycles. The van der Waals surface area contributed by atoms with Crippen molar-refractivity contribution in [1.82, 2.24) is 4.90 Å². The van der Waals surface area contributed by atoms with Crippen LogP contribution in [0.25, 0.3) is 0 Å². The third-order valence-electron chi connectivity index (χ3n) is 4.27. The molecule has 1 amide bonds. The van der Waals surface area contributed by atoms with Gasteiger partial charge in [-0.15, -0.1) is 0 Å². The summed E-state index contributed by atoms with van der Waals surface area (Å²) in [7, 11) is -3.66. The van der Waals surface area contributed by atoms with Gasteiger partial charge in [-0.05, 0) is 42.7 Å². The summed E-state index contributed by atoms with van der Waals surface area (Å²) in [6, 6.07) is 11.2. The number of sulfonamides is 1. The number of amides is 1. The van der Waals surface area contributed by atoms with Crippen LogP contribution in [0.4, 0.5) is 5.69 Å². The summed E-state index contributed by atoms with van der Waals surface area (Å²) in [4.78, 5) is 13.8. The van der Waals surface area contributed by atoms with E-state index in [-0.39, 0.29) is 18.3 Å². The first-order chi connectivity index (χ1) is 13.3. The first-order valence-electron chi connectivity index (χ1n) is 8.77. The number of ether oxygens (including phenoxy) is 1. The van der Waals surface area contributed by atoms with Crippen molar-refractivity contribution in [2.24, 2.45) is 0 Å². The van der Waals surface area contributed by atoms with E-state index in [9.17, 15) is 13.2 Å². The molecular weight excluding hydrogens is 423 g/mol. The van der Waals surface area contributed by atoms with Crippen LogP contribution in [0.2, 0.25) is 10.0 Å². The normalized spacial score (nSPS) is 14.1. The van der Waals surface area contributed by atoms with Crippen molar-refractivity contribution in [1.29, 1.82) is 0 Å². The first-order valence-corrected chi connectivity index (χ1v) is 11.2. The van der Waals surface area contributed by atoms with Gasteiger partial charge < -0.3 is 9.64 Å². The number of anilines is 1. The minimum Gasteiger partial charge on any atom is -0.484 e. The van der Waals surface area contributed by atoms with E-state index in [0.717, 1.165) is 25.9 Å². The molecule has 0 radical (unpaired) electrons. The fourth-order valence-electron chi connectivity index (χ4n) is 2.92. The van der Waals surface area contributed by atoms with Crippen molar-refractivity contribution < 1.29 is 17.9 Å². The smallest absolute Gasteiger partial charge is 0.260 e. The van der Waals surface area contributed by atoms with Gasteiger partial charge in [0.2, 0.25) is 10.0 Å². The van der Waals surface area contributed by atoms with Crippen LogP contribution in [0, 0.1) is 0 Å². The van der Waals surface area contributed by atoms with Crippen LogP contribution in [0.5, 0.6) is 5.75 Å². The second-order valence-electron chi connectivity index (χ2n) is 6.51. The van der Waals surface area contributed by atoms with Gasteiger partial charge in [0.1, 0.15) is 5.75 Å². The molecule has 0 unspecified atom stereocenters. The van der Waals surface area contributed by atoms with E-state index in [1.54, 1.807) is 41.3 Å². The summed E-state index contributed by atoms with van der Waals surface area (Å²) < 4.78 is 32.9. The van der Waals surface area contributed by atoms with Gasteiger partial charge in [0.05, 0.1) is 21.5 Å². The van der Waals surface area contributed by atoms with Crippen LogP contribution in [-0.4, -0.2) is 38.9 Å². The third kappa shape index (κ3) is 5.77. The molecule has 1 aliphatic rings. The lowest BCUT2D eigenvalue weighted by molar-refractivity contribution is -0.132. The molecule has 0 aromatic heterocycles. The molecule has 0 bridgehead atoms. The zero-order valence-electron chi connectivity index (χ0n) is 15.0. The fraction of sp³-hybridized carbons (Fsp3) is 0.316. The number of nitrogens with zero attached hydrogens (tertiary/aromatic N) is 1. The molecule has 28 heavy (non-hydrogen) atoms. The number of rotatable bonds is 7. The minimum atomic E-state index is -3.66. The Morgan fingerprint density at radius 2 is 1.82 bits per heavy atom. The highest BCUT2D eigenvalue weighted by Crippen LogP contribution is 2.24. The molecule has 2 aromatic carbocycles. The number of benzene rings is 2. The van der Waals surface area contributed by atoms with Crippen molar-refractivity contribution in [3.8, 4) is 5.75 Å². The fourth-order valence-corrected chi connectivity index (χ4v) is 4.41. The molecule has 1 aliphatic heterocycles. The Hall–Kier alpha value is -1.96. The molecule has 0 atom stereocenters. The number of carbonyl (C=O) groups excluding carboxylic acids is 1. The van der Waals surface area contributed by atoms with E-state index >= 15 is 0 Å². The Balaban J connectivity index is 1.61. The van der Waals surface area contributed by atoms with Crippen molar-refractivity contribution >= 4 is 44.8 Å². The largest absolute Gasteiger partial charge is 0.484 e. The second-order valence-corrected chi connectivity index (χ2v) is 9.05. The Bertz CT molecular complexity index is 960. The van der Waals surface area contributed by atoms with Crippen molar-refractivity contribution in [3.05, 3.63) is 58.1 Å². The maximum Gasteiger partial charge on any atom is 0.260 e. The number of hydrogen-bond acceptors (Lipinski definition) is 4. The number of nitrogens with one attached hydrogen (secondary N) is 1. The van der Waals surface area contributed by atoms with E-state index in [0.29, 0.717) is 27.0 Å². The van der Waals surface area contributed by atoms with Crippen molar-refractivity contribution in [2.45, 2.75) is 18.6 Å². The summed E-state index contributed by atoms with van der Waals surface area (Å²) >= 11 is 11.8. The molecule has 9 heteroatoms. The van der Waals surface area contributed by atoms with Crippen LogP contribution in [0.15, 0.2) is 42.5 Å². The maximum absolute atomic E-state index is 12.4. The average molecular weight is 443 g/mol. The van der Waals surface area contributed by atoms with Gasteiger partial charge in [-0.2, -0.15) is 0 Å². The van der Waals surface area contributed by atoms with E-state index in [4.69, 9.17) is 27.9 Å². The van der Waals surface area contributed by atoms with Crippen molar-refractivity contribution in [3.63, 3.8) is 0 Å². The van der Waals surface area contributed by atoms with Gasteiger partial charge in [-0.3, -0.25) is 9.52 Å². The van der Waals surface area contributed by atoms with Gasteiger partial charge in [-0.1, -0.05) is 35.3 Å². The topological polar surface area (TPSA) is 75.7 Å². The quantitative estimate of drug-likeness (QED) is 0.704. The zero-order valence-corrected chi connectivity index (χ0v) is 17.4. The van der Waals surface area contributed by atoms with E-state index in [1.165, 1.54) is 6.07 Å². The monoisotopic (exact) mass is 442 g/mol. The lowest BCUT2D eigenvalue weighted by Gasteiger charge is -2.16. The number of likely N-dealkylation sites (tertiary alicyclic amines) is 1. The van der Waals surface area contributed by atoms with Crippen molar-refractivity contribution in [2.75, 3.05) is 24.4 Å². The molecule has 6 nitrogen and oxygen atoms in total. The summed E-state index contributed by atoms with van der Waals surface area (Å²) in [5, 5.41) is 0.663. The van der Waals surface area contributed by atoms with Crippen LogP contribution >= 0.6 is 23.2 Å². The lowest BCUT2D eigenvalue weighted by Crippen LogP contribution is -2.32. The minimum absolute atomic E-state index is 0.0666. The molecule has 2 aromatic rings. The zero-order chi connectivity index (χ0) is 20.1. The van der Waals surface area contributed by atoms with E-state index < -0.39 is 10.0 Å².